The summed E-state index contributed by atoms with van der Waals surface area (Å²) in [5.74, 6) is 0. The van der Waals surface area contributed by atoms with Crippen molar-refractivity contribution in [3.05, 3.63) is 28.2 Å². The van der Waals surface area contributed by atoms with E-state index in [0.29, 0.717) is 6.04 Å². The van der Waals surface area contributed by atoms with Crippen LogP contribution in [-0.4, -0.2) is 32.8 Å². The van der Waals surface area contributed by atoms with E-state index in [0.717, 1.165) is 37.1 Å². The minimum Gasteiger partial charge on any atom is -0.383 e. The lowest BCUT2D eigenvalue weighted by Gasteiger charge is -2.31. The number of benzene rings is 1. The van der Waals surface area contributed by atoms with E-state index in [9.17, 15) is 0 Å². The molecule has 0 fully saturated rings. The first-order valence-electron chi connectivity index (χ1n) is 7.38. The highest BCUT2D eigenvalue weighted by Crippen LogP contribution is 2.26. The van der Waals surface area contributed by atoms with Gasteiger partial charge in [0.15, 0.2) is 0 Å². The molecule has 1 atom stereocenters. The summed E-state index contributed by atoms with van der Waals surface area (Å²) in [5, 5.41) is 3.43. The summed E-state index contributed by atoms with van der Waals surface area (Å²) in [6.45, 7) is 10.3. The third kappa shape index (κ3) is 5.08. The SMILES string of the molecule is CCC(C)N(CC)c1ccc(Br)cc1CNCCOC. The molecule has 0 aliphatic carbocycles. The van der Waals surface area contributed by atoms with Gasteiger partial charge in [-0.1, -0.05) is 22.9 Å². The van der Waals surface area contributed by atoms with Gasteiger partial charge in [-0.05, 0) is 44.0 Å². The molecule has 1 aromatic rings. The molecule has 1 aromatic carbocycles. The molecule has 0 radical (unpaired) electrons. The number of hydrogen-bond donors (Lipinski definition) is 1. The van der Waals surface area contributed by atoms with Crippen LogP contribution < -0.4 is 10.2 Å². The molecule has 0 aromatic heterocycles. The van der Waals surface area contributed by atoms with Gasteiger partial charge in [0, 0.05) is 42.9 Å². The number of halogens is 1. The van der Waals surface area contributed by atoms with Crippen LogP contribution in [0.1, 0.15) is 32.8 Å². The molecule has 0 spiro atoms. The van der Waals surface area contributed by atoms with Gasteiger partial charge in [-0.3, -0.25) is 0 Å². The standard InChI is InChI=1S/C16H27BrN2O/c1-5-13(3)19(6-2)16-8-7-15(17)11-14(16)12-18-9-10-20-4/h7-8,11,13,18H,5-6,9-10,12H2,1-4H3. The van der Waals surface area contributed by atoms with Gasteiger partial charge in [0.25, 0.3) is 0 Å². The van der Waals surface area contributed by atoms with Gasteiger partial charge in [-0.2, -0.15) is 0 Å². The minimum atomic E-state index is 0.555. The van der Waals surface area contributed by atoms with Crippen molar-refractivity contribution in [2.45, 2.75) is 39.8 Å². The fourth-order valence-corrected chi connectivity index (χ4v) is 2.72. The number of methoxy groups -OCH3 is 1. The van der Waals surface area contributed by atoms with Crippen molar-refractivity contribution in [1.82, 2.24) is 5.32 Å². The minimum absolute atomic E-state index is 0.555. The molecule has 1 N–H and O–H groups in total. The van der Waals surface area contributed by atoms with Gasteiger partial charge in [0.2, 0.25) is 0 Å². The Hall–Kier alpha value is -0.580. The quantitative estimate of drug-likeness (QED) is 0.690. The number of nitrogens with zero attached hydrogens (tertiary/aromatic N) is 1. The maximum atomic E-state index is 5.08. The van der Waals surface area contributed by atoms with Crippen LogP contribution in [0.5, 0.6) is 0 Å². The zero-order valence-corrected chi connectivity index (χ0v) is 14.7. The summed E-state index contributed by atoms with van der Waals surface area (Å²) in [7, 11) is 1.73. The average molecular weight is 343 g/mol. The topological polar surface area (TPSA) is 24.5 Å². The third-order valence-electron chi connectivity index (χ3n) is 3.61. The van der Waals surface area contributed by atoms with Crippen LogP contribution in [0.15, 0.2) is 22.7 Å². The number of nitrogens with one attached hydrogen (secondary N) is 1. The molecule has 4 heteroatoms. The van der Waals surface area contributed by atoms with E-state index in [1.807, 2.05) is 0 Å². The Morgan fingerprint density at radius 3 is 2.70 bits per heavy atom. The van der Waals surface area contributed by atoms with Crippen LogP contribution in [0.25, 0.3) is 0 Å². The predicted molar refractivity (Wildman–Crippen MR) is 90.5 cm³/mol. The number of anilines is 1. The van der Waals surface area contributed by atoms with Gasteiger partial charge in [-0.25, -0.2) is 0 Å². The van der Waals surface area contributed by atoms with E-state index in [-0.39, 0.29) is 0 Å². The van der Waals surface area contributed by atoms with Crippen LogP contribution in [0.3, 0.4) is 0 Å². The molecule has 0 saturated carbocycles. The van der Waals surface area contributed by atoms with Gasteiger partial charge in [-0.15, -0.1) is 0 Å². The molecule has 0 heterocycles. The first-order valence-corrected chi connectivity index (χ1v) is 8.18. The van der Waals surface area contributed by atoms with Crippen molar-refractivity contribution >= 4 is 21.6 Å². The Morgan fingerprint density at radius 1 is 1.35 bits per heavy atom. The normalized spacial score (nSPS) is 12.4. The van der Waals surface area contributed by atoms with Crippen molar-refractivity contribution in [2.24, 2.45) is 0 Å². The molecular formula is C16H27BrN2O. The molecular weight excluding hydrogens is 316 g/mol. The van der Waals surface area contributed by atoms with E-state index in [1.54, 1.807) is 7.11 Å². The second-order valence-corrected chi connectivity index (χ2v) is 5.90. The zero-order valence-electron chi connectivity index (χ0n) is 13.1. The Morgan fingerprint density at radius 2 is 2.10 bits per heavy atom. The summed E-state index contributed by atoms with van der Waals surface area (Å²) < 4.78 is 6.21. The van der Waals surface area contributed by atoms with Crippen molar-refractivity contribution in [3.63, 3.8) is 0 Å². The lowest BCUT2D eigenvalue weighted by atomic mass is 10.1. The first kappa shape index (κ1) is 17.5. The van der Waals surface area contributed by atoms with Crippen molar-refractivity contribution < 1.29 is 4.74 Å². The van der Waals surface area contributed by atoms with Crippen LogP contribution in [0.2, 0.25) is 0 Å². The van der Waals surface area contributed by atoms with Gasteiger partial charge >= 0.3 is 0 Å². The molecule has 0 bridgehead atoms. The van der Waals surface area contributed by atoms with E-state index in [2.05, 4.69) is 65.1 Å². The predicted octanol–water partition coefficient (Wildman–Crippen LogP) is 3.81. The molecule has 0 aliphatic rings. The summed E-state index contributed by atoms with van der Waals surface area (Å²) in [5.41, 5.74) is 2.66. The maximum absolute atomic E-state index is 5.08. The van der Waals surface area contributed by atoms with Crippen molar-refractivity contribution in [2.75, 3.05) is 31.7 Å². The molecule has 0 amide bonds. The monoisotopic (exact) mass is 342 g/mol. The van der Waals surface area contributed by atoms with Crippen LogP contribution in [0.4, 0.5) is 5.69 Å². The molecule has 1 unspecified atom stereocenters. The molecule has 0 aliphatic heterocycles. The number of hydrogen-bond acceptors (Lipinski definition) is 3. The summed E-state index contributed by atoms with van der Waals surface area (Å²) >= 11 is 3.57. The van der Waals surface area contributed by atoms with E-state index in [4.69, 9.17) is 4.74 Å². The third-order valence-corrected chi connectivity index (χ3v) is 4.11. The highest BCUT2D eigenvalue weighted by molar-refractivity contribution is 9.10. The number of ether oxygens (including phenoxy) is 1. The lowest BCUT2D eigenvalue weighted by molar-refractivity contribution is 0.199. The Labute approximate surface area is 131 Å². The van der Waals surface area contributed by atoms with E-state index in [1.165, 1.54) is 11.3 Å². The summed E-state index contributed by atoms with van der Waals surface area (Å²) in [6.07, 6.45) is 1.15. The largest absolute Gasteiger partial charge is 0.383 e. The lowest BCUT2D eigenvalue weighted by Crippen LogP contribution is -2.33. The van der Waals surface area contributed by atoms with Crippen LogP contribution in [0, 0.1) is 0 Å². The van der Waals surface area contributed by atoms with Crippen molar-refractivity contribution in [1.29, 1.82) is 0 Å². The highest BCUT2D eigenvalue weighted by Gasteiger charge is 2.14. The second kappa shape index (κ2) is 9.37. The number of rotatable bonds is 9. The highest BCUT2D eigenvalue weighted by atomic mass is 79.9. The Kier molecular flexibility index (Phi) is 8.19. The smallest absolute Gasteiger partial charge is 0.0587 e. The summed E-state index contributed by atoms with van der Waals surface area (Å²) in [6, 6.07) is 7.10. The second-order valence-electron chi connectivity index (χ2n) is 4.99. The van der Waals surface area contributed by atoms with E-state index >= 15 is 0 Å². The van der Waals surface area contributed by atoms with Crippen molar-refractivity contribution in [3.8, 4) is 0 Å². The zero-order chi connectivity index (χ0) is 15.0. The fourth-order valence-electron chi connectivity index (χ4n) is 2.31. The van der Waals surface area contributed by atoms with E-state index < -0.39 is 0 Å². The maximum Gasteiger partial charge on any atom is 0.0587 e. The Bertz CT molecular complexity index is 398. The molecule has 1 rings (SSSR count). The average Bonchev–Trinajstić information content (AvgIpc) is 2.46. The summed E-state index contributed by atoms with van der Waals surface area (Å²) in [4.78, 5) is 2.47. The molecule has 20 heavy (non-hydrogen) atoms. The molecule has 3 nitrogen and oxygen atoms in total. The first-order chi connectivity index (χ1) is 9.63. The van der Waals surface area contributed by atoms with Crippen LogP contribution >= 0.6 is 15.9 Å². The van der Waals surface area contributed by atoms with Crippen LogP contribution in [-0.2, 0) is 11.3 Å². The van der Waals surface area contributed by atoms with Gasteiger partial charge in [0.1, 0.15) is 0 Å². The molecule has 0 saturated heterocycles. The molecule has 114 valence electrons. The van der Waals surface area contributed by atoms with Gasteiger partial charge in [0.05, 0.1) is 6.61 Å². The fraction of sp³-hybridized carbons (Fsp3) is 0.625. The van der Waals surface area contributed by atoms with Gasteiger partial charge < -0.3 is 15.0 Å². The Balaban J connectivity index is 2.87.